The molecule has 1 heterocycles. The van der Waals surface area contributed by atoms with E-state index in [1.165, 1.54) is 25.1 Å². The first-order chi connectivity index (χ1) is 12.1. The molecule has 1 N–H and O–H groups in total. The Morgan fingerprint density at radius 1 is 1.38 bits per heavy atom. The molecule has 0 saturated carbocycles. The summed E-state index contributed by atoms with van der Waals surface area (Å²) in [5, 5.41) is 10.1. The van der Waals surface area contributed by atoms with Crippen LogP contribution in [-0.2, 0) is 0 Å². The third-order valence-electron chi connectivity index (χ3n) is 3.99. The van der Waals surface area contributed by atoms with E-state index in [1.807, 2.05) is 0 Å². The van der Waals surface area contributed by atoms with Gasteiger partial charge in [0.2, 0.25) is 0 Å². The van der Waals surface area contributed by atoms with Gasteiger partial charge in [0.15, 0.2) is 23.1 Å². The van der Waals surface area contributed by atoms with Crippen molar-refractivity contribution in [3.63, 3.8) is 0 Å². The second-order valence-electron chi connectivity index (χ2n) is 5.89. The number of anilines is 1. The van der Waals surface area contributed by atoms with Crippen LogP contribution in [0.25, 0.3) is 0 Å². The maximum atomic E-state index is 14.6. The molecule has 0 fully saturated rings. The number of urea groups is 1. The molecule has 2 rings (SSSR count). The fraction of sp³-hybridized carbons (Fsp3) is 0.278. The van der Waals surface area contributed by atoms with Gasteiger partial charge in [0.25, 0.3) is 0 Å². The average Bonchev–Trinajstić information content (AvgIpc) is 2.60. The number of likely N-dealkylation sites (N-methyl/N-ethyl adjacent to an activating group) is 1. The van der Waals surface area contributed by atoms with Gasteiger partial charge in [-0.05, 0) is 19.4 Å². The molecule has 0 aromatic heterocycles. The molecule has 0 atom stereocenters. The van der Waals surface area contributed by atoms with Crippen LogP contribution in [0.3, 0.4) is 0 Å². The zero-order valence-electron chi connectivity index (χ0n) is 14.9. The minimum absolute atomic E-state index is 0.175. The van der Waals surface area contributed by atoms with Crippen LogP contribution >= 0.6 is 11.6 Å². The van der Waals surface area contributed by atoms with Crippen molar-refractivity contribution in [1.29, 1.82) is 0 Å². The minimum atomic E-state index is -1.26. The van der Waals surface area contributed by atoms with Crippen molar-refractivity contribution in [2.24, 2.45) is 0 Å². The zero-order chi connectivity index (χ0) is 19.8. The Morgan fingerprint density at radius 2 is 2.00 bits per heavy atom. The van der Waals surface area contributed by atoms with Crippen molar-refractivity contribution in [3.8, 4) is 11.5 Å². The lowest BCUT2D eigenvalue weighted by Gasteiger charge is -2.36. The van der Waals surface area contributed by atoms with Gasteiger partial charge in [-0.1, -0.05) is 29.8 Å². The quantitative estimate of drug-likeness (QED) is 0.830. The lowest BCUT2D eigenvalue weighted by molar-refractivity contribution is 0.223. The molecule has 0 bridgehead atoms. The second-order valence-corrected chi connectivity index (χ2v) is 6.27. The lowest BCUT2D eigenvalue weighted by atomic mass is 10.1. The smallest absolute Gasteiger partial charge is 0.329 e. The molecule has 0 unspecified atom stereocenters. The summed E-state index contributed by atoms with van der Waals surface area (Å²) in [6.07, 6.45) is 1.46. The van der Waals surface area contributed by atoms with Crippen molar-refractivity contribution >= 4 is 23.3 Å². The first-order valence-corrected chi connectivity index (χ1v) is 8.02. The number of hydrogen-bond donors (Lipinski definition) is 1. The van der Waals surface area contributed by atoms with E-state index in [0.717, 1.165) is 16.5 Å². The summed E-state index contributed by atoms with van der Waals surface area (Å²) in [7, 11) is 2.61. The van der Waals surface area contributed by atoms with Crippen molar-refractivity contribution in [1.82, 2.24) is 4.90 Å². The van der Waals surface area contributed by atoms with Gasteiger partial charge in [-0.25, -0.2) is 13.6 Å². The largest absolute Gasteiger partial charge is 0.505 e. The first-order valence-electron chi connectivity index (χ1n) is 7.64. The van der Waals surface area contributed by atoms with Crippen LogP contribution in [0.1, 0.15) is 13.8 Å². The number of aromatic hydroxyl groups is 1. The van der Waals surface area contributed by atoms with Gasteiger partial charge in [0.1, 0.15) is 5.69 Å². The first kappa shape index (κ1) is 19.8. The summed E-state index contributed by atoms with van der Waals surface area (Å²) in [6, 6.07) is 0.0950. The van der Waals surface area contributed by atoms with E-state index in [2.05, 4.69) is 6.58 Å². The number of phenols is 1. The molecular formula is C18H19ClF2N2O3. The number of methoxy groups -OCH3 is 1. The Hall–Kier alpha value is -2.54. The number of phenolic OH excluding ortho intramolecular Hbond substituents is 1. The standard InChI is InChI=1S/C18H19ClF2N2O3/c1-6-10-8-23(18(25)22(4)16(10)13(19)9(2)3)17-14(20)11(24)7-12(26-5)15(17)21/h6-7,24H,1,8H2,2-5H3. The number of benzene rings is 1. The van der Waals surface area contributed by atoms with Crippen LogP contribution in [0.2, 0.25) is 0 Å². The lowest BCUT2D eigenvalue weighted by Crippen LogP contribution is -2.47. The van der Waals surface area contributed by atoms with Crippen molar-refractivity contribution in [2.45, 2.75) is 13.8 Å². The summed E-state index contributed by atoms with van der Waals surface area (Å²) in [6.45, 7) is 7.08. The highest BCUT2D eigenvalue weighted by Gasteiger charge is 2.36. The van der Waals surface area contributed by atoms with Gasteiger partial charge in [-0.15, -0.1) is 0 Å². The molecule has 0 saturated heterocycles. The van der Waals surface area contributed by atoms with E-state index in [4.69, 9.17) is 16.3 Å². The maximum Gasteiger partial charge on any atom is 0.329 e. The zero-order valence-corrected chi connectivity index (χ0v) is 15.6. The van der Waals surface area contributed by atoms with Crippen molar-refractivity contribution < 1.29 is 23.4 Å². The Bertz CT molecular complexity index is 845. The molecule has 26 heavy (non-hydrogen) atoms. The van der Waals surface area contributed by atoms with E-state index in [9.17, 15) is 18.7 Å². The molecule has 0 spiro atoms. The monoisotopic (exact) mass is 384 g/mol. The molecule has 140 valence electrons. The Labute approximate surface area is 155 Å². The third-order valence-corrected chi connectivity index (χ3v) is 4.55. The fourth-order valence-corrected chi connectivity index (χ4v) is 2.88. The number of rotatable bonds is 4. The Morgan fingerprint density at radius 3 is 2.50 bits per heavy atom. The van der Waals surface area contributed by atoms with Crippen molar-refractivity contribution in [2.75, 3.05) is 25.6 Å². The molecule has 0 aliphatic carbocycles. The van der Waals surface area contributed by atoms with Crippen LogP contribution in [-0.4, -0.2) is 36.7 Å². The molecule has 1 aliphatic rings. The van der Waals surface area contributed by atoms with Crippen LogP contribution in [0.5, 0.6) is 11.5 Å². The summed E-state index contributed by atoms with van der Waals surface area (Å²) in [5.41, 5.74) is 0.978. The van der Waals surface area contributed by atoms with Crippen LogP contribution in [0, 0.1) is 11.6 Å². The maximum absolute atomic E-state index is 14.6. The molecule has 1 aliphatic heterocycles. The summed E-state index contributed by atoms with van der Waals surface area (Å²) in [4.78, 5) is 14.8. The normalized spacial score (nSPS) is 14.7. The number of amides is 2. The number of halogens is 3. The number of nitrogens with zero attached hydrogens (tertiary/aromatic N) is 2. The summed E-state index contributed by atoms with van der Waals surface area (Å²) < 4.78 is 33.9. The van der Waals surface area contributed by atoms with E-state index < -0.39 is 29.1 Å². The van der Waals surface area contributed by atoms with Gasteiger partial charge in [0, 0.05) is 13.1 Å². The number of allylic oxidation sites excluding steroid dienone is 2. The molecular weight excluding hydrogens is 366 g/mol. The second kappa shape index (κ2) is 7.37. The van der Waals surface area contributed by atoms with E-state index in [-0.39, 0.29) is 12.3 Å². The van der Waals surface area contributed by atoms with Crippen molar-refractivity contribution in [3.05, 3.63) is 52.2 Å². The minimum Gasteiger partial charge on any atom is -0.505 e. The van der Waals surface area contributed by atoms with Gasteiger partial charge in [-0.3, -0.25) is 9.80 Å². The fourth-order valence-electron chi connectivity index (χ4n) is 2.64. The topological polar surface area (TPSA) is 53.0 Å². The highest BCUT2D eigenvalue weighted by Crippen LogP contribution is 2.40. The predicted octanol–water partition coefficient (Wildman–Crippen LogP) is 4.52. The van der Waals surface area contributed by atoms with Gasteiger partial charge >= 0.3 is 6.03 Å². The molecule has 1 aromatic rings. The average molecular weight is 385 g/mol. The van der Waals surface area contributed by atoms with E-state index in [1.54, 1.807) is 13.8 Å². The predicted molar refractivity (Wildman–Crippen MR) is 96.5 cm³/mol. The van der Waals surface area contributed by atoms with Crippen LogP contribution in [0.15, 0.2) is 40.6 Å². The van der Waals surface area contributed by atoms with Gasteiger partial charge in [0.05, 0.1) is 24.4 Å². The molecule has 2 amide bonds. The van der Waals surface area contributed by atoms with Crippen LogP contribution < -0.4 is 9.64 Å². The number of carbonyl (C=O) groups is 1. The molecule has 1 aromatic carbocycles. The molecule has 0 radical (unpaired) electrons. The Kier molecular flexibility index (Phi) is 5.61. The highest BCUT2D eigenvalue weighted by molar-refractivity contribution is 6.32. The SMILES string of the molecule is C=CC1=C(C(Cl)=C(C)C)N(C)C(=O)N(c2c(F)c(O)cc(OC)c2F)C1. The van der Waals surface area contributed by atoms with E-state index >= 15 is 0 Å². The number of carbonyl (C=O) groups excluding carboxylic acids is 1. The molecule has 8 heteroatoms. The van der Waals surface area contributed by atoms with Crippen LogP contribution in [0.4, 0.5) is 19.3 Å². The number of ether oxygens (including phenoxy) is 1. The highest BCUT2D eigenvalue weighted by atomic mass is 35.5. The van der Waals surface area contributed by atoms with E-state index in [0.29, 0.717) is 16.3 Å². The third kappa shape index (κ3) is 3.14. The van der Waals surface area contributed by atoms with Gasteiger partial charge in [-0.2, -0.15) is 0 Å². The van der Waals surface area contributed by atoms with Gasteiger partial charge < -0.3 is 9.84 Å². The summed E-state index contributed by atoms with van der Waals surface area (Å²) in [5.74, 6) is -3.56. The molecule has 5 nitrogen and oxygen atoms in total. The number of hydrogen-bond acceptors (Lipinski definition) is 3. The summed E-state index contributed by atoms with van der Waals surface area (Å²) >= 11 is 6.31. The Balaban J connectivity index is 2.70.